The molecule has 3 N–H and O–H groups in total. The van der Waals surface area contributed by atoms with Gasteiger partial charge in [-0.25, -0.2) is 18.0 Å². The number of carbonyl (C=O) groups is 1. The Morgan fingerprint density at radius 2 is 1.66 bits per heavy atom. The number of alkyl halides is 2. The smallest absolute Gasteiger partial charge is 0.421 e. The summed E-state index contributed by atoms with van der Waals surface area (Å²) in [6.45, 7) is 0.333. The Morgan fingerprint density at radius 3 is 2.29 bits per heavy atom. The molecular formula is C25H28F2N3O6PS. The maximum absolute atomic E-state index is 13.0. The first kappa shape index (κ1) is 29.4. The SMILES string of the molecule is O=C(NCCCCc1ccccc1)[C@H](Cc1ccc(OP(=O)(O)C(F)F)cc1)NS(=O)(=O)c1ccccn1. The van der Waals surface area contributed by atoms with Gasteiger partial charge in [-0.15, -0.1) is 0 Å². The first-order chi connectivity index (χ1) is 18.1. The molecule has 1 aromatic heterocycles. The topological polar surface area (TPSA) is 135 Å². The Morgan fingerprint density at radius 1 is 0.974 bits per heavy atom. The number of benzene rings is 2. The molecule has 9 nitrogen and oxygen atoms in total. The van der Waals surface area contributed by atoms with Gasteiger partial charge in [-0.1, -0.05) is 48.5 Å². The standard InChI is InChI=1S/C25H28F2N3O6PS/c26-25(27)37(32,33)36-21-14-12-20(13-15-21)18-22(30-38(34,35)23-11-5-7-16-28-23)24(31)29-17-6-4-10-19-8-2-1-3-9-19/h1-3,5,7-9,11-16,22,25,30H,4,6,10,17-18H2,(H,29,31)(H,32,33)/t22-/m0/s1. The average Bonchev–Trinajstić information content (AvgIpc) is 2.90. The number of unbranched alkanes of at least 4 members (excludes halogenated alkanes) is 1. The molecule has 1 unspecified atom stereocenters. The number of hydrogen-bond donors (Lipinski definition) is 3. The maximum atomic E-state index is 13.0. The lowest BCUT2D eigenvalue weighted by molar-refractivity contribution is -0.122. The molecule has 0 saturated carbocycles. The minimum absolute atomic E-state index is 0.0895. The van der Waals surface area contributed by atoms with E-state index in [9.17, 15) is 31.5 Å². The average molecular weight is 568 g/mol. The van der Waals surface area contributed by atoms with Gasteiger partial charge in [-0.3, -0.25) is 4.79 Å². The van der Waals surface area contributed by atoms with Crippen molar-refractivity contribution in [1.82, 2.24) is 15.0 Å². The maximum Gasteiger partial charge on any atom is 0.442 e. The number of halogens is 2. The number of nitrogens with zero attached hydrogens (tertiary/aromatic N) is 1. The van der Waals surface area contributed by atoms with E-state index in [2.05, 4.69) is 19.5 Å². The molecule has 1 heterocycles. The number of carbonyl (C=O) groups excluding carboxylic acids is 1. The molecule has 3 rings (SSSR count). The number of rotatable bonds is 14. The molecule has 2 aromatic carbocycles. The third-order valence-electron chi connectivity index (χ3n) is 5.41. The minimum Gasteiger partial charge on any atom is -0.421 e. The summed E-state index contributed by atoms with van der Waals surface area (Å²) in [7, 11) is -9.28. The number of aromatic nitrogens is 1. The second-order valence-corrected chi connectivity index (χ2v) is 11.7. The van der Waals surface area contributed by atoms with Crippen LogP contribution in [0.4, 0.5) is 8.78 Å². The number of amides is 1. The van der Waals surface area contributed by atoms with Crippen LogP contribution in [0.2, 0.25) is 0 Å². The molecule has 38 heavy (non-hydrogen) atoms. The molecule has 204 valence electrons. The van der Waals surface area contributed by atoms with Crippen LogP contribution in [0.25, 0.3) is 0 Å². The summed E-state index contributed by atoms with van der Waals surface area (Å²) in [5.74, 6) is -0.824. The highest BCUT2D eigenvalue weighted by Crippen LogP contribution is 2.48. The van der Waals surface area contributed by atoms with Gasteiger partial charge in [0.05, 0.1) is 0 Å². The van der Waals surface area contributed by atoms with Gasteiger partial charge >= 0.3 is 13.8 Å². The summed E-state index contributed by atoms with van der Waals surface area (Å²) in [6, 6.07) is 18.2. The zero-order valence-electron chi connectivity index (χ0n) is 20.2. The summed E-state index contributed by atoms with van der Waals surface area (Å²) >= 11 is 0. The molecule has 3 aromatic rings. The monoisotopic (exact) mass is 567 g/mol. The quantitative estimate of drug-likeness (QED) is 0.199. The molecule has 1 amide bonds. The lowest BCUT2D eigenvalue weighted by atomic mass is 10.1. The van der Waals surface area contributed by atoms with E-state index in [1.165, 1.54) is 48.2 Å². The van der Waals surface area contributed by atoms with Crippen molar-refractivity contribution in [3.05, 3.63) is 90.1 Å². The van der Waals surface area contributed by atoms with Crippen molar-refractivity contribution < 1.29 is 36.0 Å². The van der Waals surface area contributed by atoms with Gasteiger partial charge in [-0.2, -0.15) is 13.5 Å². The Bertz CT molecular complexity index is 1330. The van der Waals surface area contributed by atoms with Gasteiger partial charge in [-0.05, 0) is 61.1 Å². The molecule has 0 aliphatic carbocycles. The molecule has 0 aliphatic heterocycles. The van der Waals surface area contributed by atoms with E-state index in [1.807, 2.05) is 30.3 Å². The zero-order valence-corrected chi connectivity index (χ0v) is 22.0. The van der Waals surface area contributed by atoms with Crippen LogP contribution in [0.3, 0.4) is 0 Å². The minimum atomic E-state index is -5.14. The number of sulfonamides is 1. The van der Waals surface area contributed by atoms with E-state index in [-0.39, 0.29) is 17.2 Å². The number of nitrogens with one attached hydrogen (secondary N) is 2. The van der Waals surface area contributed by atoms with E-state index in [4.69, 9.17) is 0 Å². The number of hydrogen-bond acceptors (Lipinski definition) is 6. The second kappa shape index (κ2) is 13.6. The van der Waals surface area contributed by atoms with Crippen molar-refractivity contribution in [2.75, 3.05) is 6.54 Å². The molecule has 0 saturated heterocycles. The van der Waals surface area contributed by atoms with Gasteiger partial charge in [0, 0.05) is 12.7 Å². The van der Waals surface area contributed by atoms with Crippen LogP contribution in [0.15, 0.2) is 84.0 Å². The van der Waals surface area contributed by atoms with Crippen LogP contribution in [-0.4, -0.2) is 43.0 Å². The van der Waals surface area contributed by atoms with E-state index >= 15 is 0 Å². The van der Waals surface area contributed by atoms with Crippen LogP contribution in [0.5, 0.6) is 5.75 Å². The number of aryl methyl sites for hydroxylation is 1. The molecule has 0 spiro atoms. The van der Waals surface area contributed by atoms with Gasteiger partial charge < -0.3 is 14.7 Å². The Hall–Kier alpha value is -3.18. The van der Waals surface area contributed by atoms with Crippen LogP contribution in [0, 0.1) is 0 Å². The highest BCUT2D eigenvalue weighted by Gasteiger charge is 2.34. The Kier molecular flexibility index (Phi) is 10.5. The van der Waals surface area contributed by atoms with Crippen LogP contribution >= 0.6 is 7.60 Å². The number of pyridine rings is 1. The summed E-state index contributed by atoms with van der Waals surface area (Å²) in [6.07, 6.45) is 0.000211. The highest BCUT2D eigenvalue weighted by atomic mass is 32.2. The lowest BCUT2D eigenvalue weighted by Crippen LogP contribution is -2.48. The fourth-order valence-corrected chi connectivity index (χ4v) is 5.13. The fourth-order valence-electron chi connectivity index (χ4n) is 3.49. The first-order valence-corrected chi connectivity index (χ1v) is 14.8. The molecule has 2 atom stereocenters. The Labute approximate surface area is 219 Å². The Balaban J connectivity index is 1.66. The fraction of sp³-hybridized carbons (Fsp3) is 0.280. The predicted octanol–water partition coefficient (Wildman–Crippen LogP) is 3.90. The van der Waals surface area contributed by atoms with Crippen molar-refractivity contribution in [1.29, 1.82) is 0 Å². The van der Waals surface area contributed by atoms with E-state index in [0.29, 0.717) is 18.5 Å². The van der Waals surface area contributed by atoms with Gasteiger partial charge in [0.2, 0.25) is 5.91 Å². The van der Waals surface area contributed by atoms with Crippen molar-refractivity contribution in [2.45, 2.75) is 42.9 Å². The van der Waals surface area contributed by atoms with Crippen molar-refractivity contribution in [3.63, 3.8) is 0 Å². The van der Waals surface area contributed by atoms with Crippen LogP contribution in [-0.2, 0) is 32.2 Å². The van der Waals surface area contributed by atoms with E-state index in [0.717, 1.165) is 12.8 Å². The third kappa shape index (κ3) is 8.98. The third-order valence-corrected chi connectivity index (χ3v) is 7.76. The van der Waals surface area contributed by atoms with Crippen molar-refractivity contribution >= 4 is 23.5 Å². The summed E-state index contributed by atoms with van der Waals surface area (Å²) < 4.78 is 69.2. The highest BCUT2D eigenvalue weighted by molar-refractivity contribution is 7.89. The van der Waals surface area contributed by atoms with Gasteiger partial charge in [0.15, 0.2) is 5.03 Å². The van der Waals surface area contributed by atoms with Crippen molar-refractivity contribution in [2.24, 2.45) is 0 Å². The van der Waals surface area contributed by atoms with Crippen LogP contribution in [0.1, 0.15) is 24.0 Å². The summed E-state index contributed by atoms with van der Waals surface area (Å²) in [4.78, 5) is 26.0. The molecule has 0 radical (unpaired) electrons. The summed E-state index contributed by atoms with van der Waals surface area (Å²) in [5.41, 5.74) is 1.63. The molecule has 0 fully saturated rings. The van der Waals surface area contributed by atoms with Crippen LogP contribution < -0.4 is 14.6 Å². The van der Waals surface area contributed by atoms with E-state index in [1.54, 1.807) is 6.07 Å². The largest absolute Gasteiger partial charge is 0.442 e. The second-order valence-electron chi connectivity index (χ2n) is 8.36. The van der Waals surface area contributed by atoms with Gasteiger partial charge in [0.1, 0.15) is 11.8 Å². The molecule has 0 aliphatic rings. The normalized spacial score (nSPS) is 14.0. The molecule has 13 heteroatoms. The predicted molar refractivity (Wildman–Crippen MR) is 137 cm³/mol. The van der Waals surface area contributed by atoms with Gasteiger partial charge in [0.25, 0.3) is 10.0 Å². The molecular weight excluding hydrogens is 539 g/mol. The lowest BCUT2D eigenvalue weighted by Gasteiger charge is -2.19. The van der Waals surface area contributed by atoms with Crippen molar-refractivity contribution in [3.8, 4) is 5.75 Å². The van der Waals surface area contributed by atoms with E-state index < -0.39 is 35.7 Å². The molecule has 0 bridgehead atoms. The first-order valence-electron chi connectivity index (χ1n) is 11.7. The zero-order chi connectivity index (χ0) is 27.6. The summed E-state index contributed by atoms with van der Waals surface area (Å²) in [5, 5.41) is 2.50.